The van der Waals surface area contributed by atoms with E-state index >= 15 is 0 Å². The lowest BCUT2D eigenvalue weighted by molar-refractivity contribution is 0.0305. The first-order chi connectivity index (χ1) is 9.67. The van der Waals surface area contributed by atoms with Crippen LogP contribution in [0.1, 0.15) is 30.1 Å². The molecule has 2 aliphatic heterocycles. The van der Waals surface area contributed by atoms with E-state index in [1.807, 2.05) is 12.1 Å². The van der Waals surface area contributed by atoms with Gasteiger partial charge in [0.25, 0.3) is 0 Å². The van der Waals surface area contributed by atoms with Crippen molar-refractivity contribution in [1.29, 1.82) is 0 Å². The number of fused-ring (bicyclic) bond motifs is 2. The van der Waals surface area contributed by atoms with Crippen LogP contribution in [-0.4, -0.2) is 37.9 Å². The van der Waals surface area contributed by atoms with Gasteiger partial charge in [0.1, 0.15) is 0 Å². The maximum absolute atomic E-state index is 11.9. The molecule has 1 aromatic rings. The van der Waals surface area contributed by atoms with Crippen molar-refractivity contribution in [1.82, 2.24) is 0 Å². The molecule has 2 fully saturated rings. The van der Waals surface area contributed by atoms with Gasteiger partial charge in [-0.3, -0.25) is 0 Å². The summed E-state index contributed by atoms with van der Waals surface area (Å²) in [6.45, 7) is 3.90. The van der Waals surface area contributed by atoms with Gasteiger partial charge in [-0.25, -0.2) is 4.79 Å². The molecular weight excluding hydrogens is 256 g/mol. The van der Waals surface area contributed by atoms with Crippen molar-refractivity contribution in [3.63, 3.8) is 0 Å². The predicted molar refractivity (Wildman–Crippen MR) is 76.9 cm³/mol. The highest BCUT2D eigenvalue weighted by Crippen LogP contribution is 2.31. The van der Waals surface area contributed by atoms with Gasteiger partial charge in [0, 0.05) is 24.5 Å². The van der Waals surface area contributed by atoms with E-state index in [1.54, 1.807) is 13.0 Å². The number of carbonyl (C=O) groups excluding carboxylic acids is 1. The van der Waals surface area contributed by atoms with Crippen LogP contribution in [0.5, 0.6) is 0 Å². The third-order valence-corrected chi connectivity index (χ3v) is 3.94. The lowest BCUT2D eigenvalue weighted by Crippen LogP contribution is -2.42. The minimum absolute atomic E-state index is 0.317. The summed E-state index contributed by atoms with van der Waals surface area (Å²) in [5, 5.41) is 0. The molecule has 3 rings (SSSR count). The topological polar surface area (TPSA) is 64.8 Å². The molecule has 2 N–H and O–H groups in total. The third kappa shape index (κ3) is 2.45. The fourth-order valence-corrected chi connectivity index (χ4v) is 2.95. The van der Waals surface area contributed by atoms with E-state index in [0.29, 0.717) is 30.1 Å². The van der Waals surface area contributed by atoms with Crippen molar-refractivity contribution >= 4 is 17.3 Å². The van der Waals surface area contributed by atoms with Crippen LogP contribution in [0, 0.1) is 0 Å². The Kier molecular flexibility index (Phi) is 3.53. The summed E-state index contributed by atoms with van der Waals surface area (Å²) < 4.78 is 10.9. The largest absolute Gasteiger partial charge is 0.462 e. The van der Waals surface area contributed by atoms with Crippen LogP contribution in [0.4, 0.5) is 11.4 Å². The second kappa shape index (κ2) is 5.32. The molecule has 5 heteroatoms. The zero-order valence-electron chi connectivity index (χ0n) is 11.7. The maximum Gasteiger partial charge on any atom is 0.340 e. The van der Waals surface area contributed by atoms with Gasteiger partial charge in [-0.2, -0.15) is 0 Å². The first-order valence-corrected chi connectivity index (χ1v) is 7.14. The average Bonchev–Trinajstić information content (AvgIpc) is 2.78. The molecule has 0 amide bonds. The van der Waals surface area contributed by atoms with E-state index in [0.717, 1.165) is 31.6 Å². The Morgan fingerprint density at radius 3 is 2.75 bits per heavy atom. The van der Waals surface area contributed by atoms with Crippen LogP contribution in [-0.2, 0) is 9.47 Å². The smallest absolute Gasteiger partial charge is 0.340 e. The summed E-state index contributed by atoms with van der Waals surface area (Å²) in [4.78, 5) is 14.2. The number of anilines is 2. The highest BCUT2D eigenvalue weighted by atomic mass is 16.5. The van der Waals surface area contributed by atoms with Gasteiger partial charge in [0.15, 0.2) is 0 Å². The minimum atomic E-state index is -0.358. The lowest BCUT2D eigenvalue weighted by atomic mass is 10.1. The van der Waals surface area contributed by atoms with E-state index in [1.165, 1.54) is 0 Å². The number of nitrogens with zero attached hydrogens (tertiary/aromatic N) is 1. The molecule has 20 heavy (non-hydrogen) atoms. The van der Waals surface area contributed by atoms with E-state index < -0.39 is 0 Å². The number of rotatable bonds is 3. The Labute approximate surface area is 118 Å². The molecule has 0 radical (unpaired) electrons. The summed E-state index contributed by atoms with van der Waals surface area (Å²) >= 11 is 0. The molecule has 0 spiro atoms. The van der Waals surface area contributed by atoms with E-state index in [4.69, 9.17) is 15.2 Å². The molecule has 5 nitrogen and oxygen atoms in total. The summed E-state index contributed by atoms with van der Waals surface area (Å²) in [5.41, 5.74) is 7.80. The molecule has 1 aromatic carbocycles. The van der Waals surface area contributed by atoms with Crippen LogP contribution in [0.25, 0.3) is 0 Å². The second-order valence-electron chi connectivity index (χ2n) is 5.35. The number of ether oxygens (including phenoxy) is 2. The number of nitrogen functional groups attached to an aromatic ring is 1. The van der Waals surface area contributed by atoms with Crippen molar-refractivity contribution in [2.75, 3.05) is 30.3 Å². The molecular formula is C15H20N2O3. The molecule has 2 aliphatic rings. The Balaban J connectivity index is 1.83. The molecule has 108 valence electrons. The third-order valence-electron chi connectivity index (χ3n) is 3.94. The fraction of sp³-hybridized carbons (Fsp3) is 0.533. The highest BCUT2D eigenvalue weighted by molar-refractivity contribution is 5.96. The Hall–Kier alpha value is -1.75. The summed E-state index contributed by atoms with van der Waals surface area (Å²) in [6.07, 6.45) is 2.89. The van der Waals surface area contributed by atoms with Gasteiger partial charge >= 0.3 is 5.97 Å². The molecule has 2 heterocycles. The SMILES string of the molecule is CCOC(=O)c1cc(N2CC3CCC(C2)O3)ccc1N. The van der Waals surface area contributed by atoms with Gasteiger partial charge in [0.05, 0.1) is 24.4 Å². The van der Waals surface area contributed by atoms with Gasteiger partial charge < -0.3 is 20.1 Å². The number of hydrogen-bond acceptors (Lipinski definition) is 5. The predicted octanol–water partition coefficient (Wildman–Crippen LogP) is 1.81. The van der Waals surface area contributed by atoms with Gasteiger partial charge in [0.2, 0.25) is 0 Å². The monoisotopic (exact) mass is 276 g/mol. The summed E-state index contributed by atoms with van der Waals surface area (Å²) in [7, 11) is 0. The van der Waals surface area contributed by atoms with Gasteiger partial charge in [-0.15, -0.1) is 0 Å². The normalized spacial score (nSPS) is 24.8. The lowest BCUT2D eigenvalue weighted by Gasteiger charge is -2.34. The first kappa shape index (κ1) is 13.2. The quantitative estimate of drug-likeness (QED) is 0.674. The van der Waals surface area contributed by atoms with Crippen LogP contribution < -0.4 is 10.6 Å². The maximum atomic E-state index is 11.9. The Morgan fingerprint density at radius 2 is 2.10 bits per heavy atom. The number of esters is 1. The zero-order chi connectivity index (χ0) is 14.1. The molecule has 2 bridgehead atoms. The van der Waals surface area contributed by atoms with Gasteiger partial charge in [-0.1, -0.05) is 0 Å². The van der Waals surface area contributed by atoms with Crippen molar-refractivity contribution in [3.05, 3.63) is 23.8 Å². The van der Waals surface area contributed by atoms with Crippen molar-refractivity contribution in [2.45, 2.75) is 32.0 Å². The second-order valence-corrected chi connectivity index (χ2v) is 5.35. The molecule has 0 saturated carbocycles. The van der Waals surface area contributed by atoms with Crippen molar-refractivity contribution in [3.8, 4) is 0 Å². The van der Waals surface area contributed by atoms with Crippen molar-refractivity contribution < 1.29 is 14.3 Å². The molecule has 2 saturated heterocycles. The number of nitrogens with two attached hydrogens (primary N) is 1. The number of morpholine rings is 1. The Bertz CT molecular complexity index is 506. The van der Waals surface area contributed by atoms with Crippen LogP contribution in [0.3, 0.4) is 0 Å². The van der Waals surface area contributed by atoms with Gasteiger partial charge in [-0.05, 0) is 38.0 Å². The fourth-order valence-electron chi connectivity index (χ4n) is 2.95. The summed E-state index contributed by atoms with van der Waals surface area (Å²) in [6, 6.07) is 5.57. The Morgan fingerprint density at radius 1 is 1.40 bits per heavy atom. The van der Waals surface area contributed by atoms with E-state index in [-0.39, 0.29) is 5.97 Å². The van der Waals surface area contributed by atoms with Crippen molar-refractivity contribution in [2.24, 2.45) is 0 Å². The standard InChI is InChI=1S/C15H20N2O3/c1-2-19-15(18)13-7-10(3-6-14(13)16)17-8-11-4-5-12(9-17)20-11/h3,6-7,11-12H,2,4-5,8-9,16H2,1H3. The molecule has 2 atom stereocenters. The van der Waals surface area contributed by atoms with Crippen LogP contribution in [0.2, 0.25) is 0 Å². The summed E-state index contributed by atoms with van der Waals surface area (Å²) in [5.74, 6) is -0.358. The first-order valence-electron chi connectivity index (χ1n) is 7.14. The van der Waals surface area contributed by atoms with E-state index in [9.17, 15) is 4.79 Å². The molecule has 2 unspecified atom stereocenters. The highest BCUT2D eigenvalue weighted by Gasteiger charge is 2.34. The zero-order valence-corrected chi connectivity index (χ0v) is 11.7. The average molecular weight is 276 g/mol. The molecule has 0 aliphatic carbocycles. The number of hydrogen-bond donors (Lipinski definition) is 1. The van der Waals surface area contributed by atoms with Crippen LogP contribution in [0.15, 0.2) is 18.2 Å². The molecule has 0 aromatic heterocycles. The number of carbonyl (C=O) groups is 1. The van der Waals surface area contributed by atoms with E-state index in [2.05, 4.69) is 4.90 Å². The number of benzene rings is 1. The minimum Gasteiger partial charge on any atom is -0.462 e. The van der Waals surface area contributed by atoms with Crippen LogP contribution >= 0.6 is 0 Å².